The predicted octanol–water partition coefficient (Wildman–Crippen LogP) is 0.467. The Kier molecular flexibility index (Phi) is 11.5. The lowest BCUT2D eigenvalue weighted by Crippen LogP contribution is -2.16. The molecule has 0 aromatic carbocycles. The molecule has 0 aliphatic rings. The molecule has 106 valence electrons. The second kappa shape index (κ2) is 12.3. The first kappa shape index (κ1) is 16.8. The molecule has 0 amide bonds. The minimum Gasteiger partial charge on any atom is -0.466 e. The zero-order valence-electron chi connectivity index (χ0n) is 10.8. The van der Waals surface area contributed by atoms with E-state index >= 15 is 0 Å². The second-order valence-electron chi connectivity index (χ2n) is 3.07. The number of rotatable bonds is 11. The van der Waals surface area contributed by atoms with Gasteiger partial charge in [0, 0.05) is 6.61 Å². The van der Waals surface area contributed by atoms with Gasteiger partial charge in [-0.3, -0.25) is 9.68 Å². The fraction of sp³-hybridized carbons (Fsp3) is 0.818. The van der Waals surface area contributed by atoms with Crippen molar-refractivity contribution in [3.8, 4) is 0 Å². The minimum absolute atomic E-state index is 0.0979. The molecule has 18 heavy (non-hydrogen) atoms. The summed E-state index contributed by atoms with van der Waals surface area (Å²) < 4.78 is 14.7. The van der Waals surface area contributed by atoms with Crippen molar-refractivity contribution in [1.29, 1.82) is 0 Å². The fourth-order valence-electron chi connectivity index (χ4n) is 0.924. The number of ether oxygens (including phenoxy) is 3. The third-order valence-corrected chi connectivity index (χ3v) is 1.63. The van der Waals surface area contributed by atoms with Crippen molar-refractivity contribution in [2.75, 3.05) is 39.6 Å². The molecular weight excluding hydrogens is 244 g/mol. The van der Waals surface area contributed by atoms with Gasteiger partial charge in [-0.2, -0.15) is 4.89 Å². The first-order valence-corrected chi connectivity index (χ1v) is 5.84. The average molecular weight is 264 g/mol. The van der Waals surface area contributed by atoms with E-state index in [1.807, 2.05) is 6.92 Å². The van der Waals surface area contributed by atoms with E-state index in [0.29, 0.717) is 19.8 Å². The maximum absolute atomic E-state index is 11.0. The molecule has 0 aliphatic heterocycles. The van der Waals surface area contributed by atoms with Gasteiger partial charge in [0.2, 0.25) is 0 Å². The molecule has 0 saturated heterocycles. The van der Waals surface area contributed by atoms with Crippen molar-refractivity contribution in [3.63, 3.8) is 0 Å². The van der Waals surface area contributed by atoms with Crippen LogP contribution in [0, 0.1) is 0 Å². The molecule has 0 spiro atoms. The lowest BCUT2D eigenvalue weighted by molar-refractivity contribution is -0.276. The third-order valence-electron chi connectivity index (χ3n) is 1.63. The molecule has 0 rings (SSSR count). The molecule has 0 fully saturated rings. The van der Waals surface area contributed by atoms with Crippen LogP contribution in [0.1, 0.15) is 20.3 Å². The molecule has 7 heteroatoms. The standard InChI is InChI=1S/C11H20O7/c1-3-14-5-6-15-7-8-17-18-11(13)9-10(12)16-4-2/h3-9H2,1-2H3. The summed E-state index contributed by atoms with van der Waals surface area (Å²) >= 11 is 0. The molecule has 0 aliphatic carbocycles. The molecule has 0 atom stereocenters. The molecule has 0 N–H and O–H groups in total. The Morgan fingerprint density at radius 3 is 2.17 bits per heavy atom. The lowest BCUT2D eigenvalue weighted by atomic mass is 10.4. The van der Waals surface area contributed by atoms with Crippen molar-refractivity contribution in [1.82, 2.24) is 0 Å². The maximum atomic E-state index is 11.0. The summed E-state index contributed by atoms with van der Waals surface area (Å²) in [6.45, 7) is 5.75. The Bertz CT molecular complexity index is 229. The van der Waals surface area contributed by atoms with E-state index in [-0.39, 0.29) is 19.8 Å². The van der Waals surface area contributed by atoms with Crippen LogP contribution < -0.4 is 0 Å². The van der Waals surface area contributed by atoms with Crippen molar-refractivity contribution in [2.24, 2.45) is 0 Å². The third kappa shape index (κ3) is 11.3. The van der Waals surface area contributed by atoms with E-state index in [1.54, 1.807) is 6.92 Å². The average Bonchev–Trinajstić information content (AvgIpc) is 2.32. The van der Waals surface area contributed by atoms with E-state index in [1.165, 1.54) is 0 Å². The van der Waals surface area contributed by atoms with Crippen LogP contribution in [-0.4, -0.2) is 51.6 Å². The summed E-state index contributed by atoms with van der Waals surface area (Å²) in [5, 5.41) is 0. The van der Waals surface area contributed by atoms with E-state index in [9.17, 15) is 9.59 Å². The van der Waals surface area contributed by atoms with E-state index < -0.39 is 18.4 Å². The molecule has 0 unspecified atom stereocenters. The maximum Gasteiger partial charge on any atom is 0.353 e. The highest BCUT2D eigenvalue weighted by molar-refractivity contribution is 5.90. The van der Waals surface area contributed by atoms with E-state index in [0.717, 1.165) is 0 Å². The van der Waals surface area contributed by atoms with Gasteiger partial charge >= 0.3 is 11.9 Å². The highest BCUT2D eigenvalue weighted by Gasteiger charge is 2.12. The summed E-state index contributed by atoms with van der Waals surface area (Å²) in [5.74, 6) is -1.43. The SMILES string of the molecule is CCOCCOCCOOC(=O)CC(=O)OCC. The zero-order valence-corrected chi connectivity index (χ0v) is 10.8. The summed E-state index contributed by atoms with van der Waals surface area (Å²) in [4.78, 5) is 30.8. The van der Waals surface area contributed by atoms with Crippen molar-refractivity contribution < 1.29 is 33.6 Å². The number of hydrogen-bond donors (Lipinski definition) is 0. The molecule has 7 nitrogen and oxygen atoms in total. The van der Waals surface area contributed by atoms with Crippen LogP contribution >= 0.6 is 0 Å². The first-order valence-electron chi connectivity index (χ1n) is 5.84. The van der Waals surface area contributed by atoms with Crippen LogP contribution in [0.2, 0.25) is 0 Å². The highest BCUT2D eigenvalue weighted by atomic mass is 17.2. The molecule has 0 aromatic rings. The molecule has 0 aromatic heterocycles. The number of hydrogen-bond acceptors (Lipinski definition) is 7. The smallest absolute Gasteiger partial charge is 0.353 e. The second-order valence-corrected chi connectivity index (χ2v) is 3.07. The summed E-state index contributed by atoms with van der Waals surface area (Å²) in [6, 6.07) is 0. The Hall–Kier alpha value is -1.18. The first-order chi connectivity index (χ1) is 8.70. The van der Waals surface area contributed by atoms with Gasteiger partial charge in [-0.05, 0) is 13.8 Å². The monoisotopic (exact) mass is 264 g/mol. The van der Waals surface area contributed by atoms with Crippen molar-refractivity contribution in [3.05, 3.63) is 0 Å². The van der Waals surface area contributed by atoms with Gasteiger partial charge in [0.25, 0.3) is 0 Å². The van der Waals surface area contributed by atoms with Gasteiger partial charge in [0.15, 0.2) is 0 Å². The Labute approximate surface area is 106 Å². The Morgan fingerprint density at radius 1 is 0.833 bits per heavy atom. The van der Waals surface area contributed by atoms with Gasteiger partial charge in [0.1, 0.15) is 13.0 Å². The lowest BCUT2D eigenvalue weighted by Gasteiger charge is -2.05. The van der Waals surface area contributed by atoms with Crippen molar-refractivity contribution >= 4 is 11.9 Å². The van der Waals surface area contributed by atoms with E-state index in [4.69, 9.17) is 9.47 Å². The van der Waals surface area contributed by atoms with Crippen LogP contribution in [-0.2, 0) is 33.6 Å². The predicted molar refractivity (Wildman–Crippen MR) is 60.6 cm³/mol. The summed E-state index contributed by atoms with van der Waals surface area (Å²) in [7, 11) is 0. The normalized spacial score (nSPS) is 10.1. The van der Waals surface area contributed by atoms with Crippen LogP contribution in [0.3, 0.4) is 0 Å². The molecular formula is C11H20O7. The van der Waals surface area contributed by atoms with E-state index in [2.05, 4.69) is 14.5 Å². The van der Waals surface area contributed by atoms with Crippen LogP contribution in [0.5, 0.6) is 0 Å². The van der Waals surface area contributed by atoms with Gasteiger partial charge in [-0.25, -0.2) is 4.79 Å². The minimum atomic E-state index is -0.789. The number of esters is 1. The highest BCUT2D eigenvalue weighted by Crippen LogP contribution is 1.92. The van der Waals surface area contributed by atoms with Crippen molar-refractivity contribution in [2.45, 2.75) is 20.3 Å². The van der Waals surface area contributed by atoms with Crippen LogP contribution in [0.15, 0.2) is 0 Å². The Morgan fingerprint density at radius 2 is 1.50 bits per heavy atom. The van der Waals surface area contributed by atoms with Crippen LogP contribution in [0.4, 0.5) is 0 Å². The molecule has 0 saturated carbocycles. The molecule has 0 bridgehead atoms. The number of carbonyl (C=O) groups excluding carboxylic acids is 2. The number of carbonyl (C=O) groups is 2. The topological polar surface area (TPSA) is 80.3 Å². The summed E-state index contributed by atoms with van der Waals surface area (Å²) in [5.41, 5.74) is 0. The largest absolute Gasteiger partial charge is 0.466 e. The molecule has 0 heterocycles. The summed E-state index contributed by atoms with van der Waals surface area (Å²) in [6.07, 6.45) is -0.459. The van der Waals surface area contributed by atoms with Gasteiger partial charge in [-0.15, -0.1) is 0 Å². The quantitative estimate of drug-likeness (QED) is 0.176. The van der Waals surface area contributed by atoms with Gasteiger partial charge in [-0.1, -0.05) is 0 Å². The fourth-order valence-corrected chi connectivity index (χ4v) is 0.924. The molecule has 0 radical (unpaired) electrons. The van der Waals surface area contributed by atoms with Crippen LogP contribution in [0.25, 0.3) is 0 Å². The Balaban J connectivity index is 3.27. The van der Waals surface area contributed by atoms with Gasteiger partial charge < -0.3 is 14.2 Å². The van der Waals surface area contributed by atoms with Gasteiger partial charge in [0.05, 0.1) is 26.4 Å². The zero-order chi connectivity index (χ0) is 13.6.